The lowest BCUT2D eigenvalue weighted by Crippen LogP contribution is -1.88. The average molecular weight is 252 g/mol. The maximum absolute atomic E-state index is 5.21. The predicted molar refractivity (Wildman–Crippen MR) is 60.7 cm³/mol. The van der Waals surface area contributed by atoms with Crippen molar-refractivity contribution in [1.82, 2.24) is 4.98 Å². The first kappa shape index (κ1) is 9.46. The molecule has 0 saturated heterocycles. The van der Waals surface area contributed by atoms with Gasteiger partial charge in [-0.15, -0.1) is 0 Å². The summed E-state index contributed by atoms with van der Waals surface area (Å²) in [6, 6.07) is 5.91. The summed E-state index contributed by atoms with van der Waals surface area (Å²) in [7, 11) is 1.67. The first-order chi connectivity index (χ1) is 6.72. The lowest BCUT2D eigenvalue weighted by atomic mass is 10.1. The molecule has 1 aromatic carbocycles. The maximum Gasteiger partial charge on any atom is 0.119 e. The summed E-state index contributed by atoms with van der Waals surface area (Å²) >= 11 is 3.50. The Kier molecular flexibility index (Phi) is 2.42. The number of aromatic nitrogens is 1. The molecular weight excluding hydrogens is 242 g/mol. The molecule has 0 unspecified atom stereocenters. The molecule has 72 valence electrons. The zero-order chi connectivity index (χ0) is 10.1. The van der Waals surface area contributed by atoms with Gasteiger partial charge in [0.05, 0.1) is 12.6 Å². The number of benzene rings is 1. The number of hydrogen-bond donors (Lipinski definition) is 0. The van der Waals surface area contributed by atoms with E-state index in [2.05, 4.69) is 20.9 Å². The van der Waals surface area contributed by atoms with Gasteiger partial charge >= 0.3 is 0 Å². The van der Waals surface area contributed by atoms with E-state index in [-0.39, 0.29) is 0 Å². The van der Waals surface area contributed by atoms with Gasteiger partial charge in [0, 0.05) is 16.1 Å². The maximum atomic E-state index is 5.21. The lowest BCUT2D eigenvalue weighted by molar-refractivity contribution is 0.415. The molecule has 0 aliphatic rings. The van der Waals surface area contributed by atoms with Crippen LogP contribution in [0.3, 0.4) is 0 Å². The Morgan fingerprint density at radius 3 is 2.86 bits per heavy atom. The minimum Gasteiger partial charge on any atom is -0.497 e. The second-order valence-electron chi connectivity index (χ2n) is 3.13. The number of rotatable bonds is 1. The van der Waals surface area contributed by atoms with Crippen molar-refractivity contribution >= 4 is 26.8 Å². The van der Waals surface area contributed by atoms with E-state index in [0.717, 1.165) is 26.7 Å². The molecule has 0 aliphatic carbocycles. The van der Waals surface area contributed by atoms with E-state index >= 15 is 0 Å². The van der Waals surface area contributed by atoms with E-state index in [1.807, 2.05) is 25.1 Å². The van der Waals surface area contributed by atoms with Gasteiger partial charge in [-0.3, -0.25) is 4.98 Å². The predicted octanol–water partition coefficient (Wildman–Crippen LogP) is 3.31. The third-order valence-electron chi connectivity index (χ3n) is 2.19. The van der Waals surface area contributed by atoms with Crippen LogP contribution in [0.2, 0.25) is 0 Å². The van der Waals surface area contributed by atoms with Crippen LogP contribution < -0.4 is 4.74 Å². The largest absolute Gasteiger partial charge is 0.497 e. The highest BCUT2D eigenvalue weighted by Gasteiger charge is 2.04. The fourth-order valence-electron chi connectivity index (χ4n) is 1.48. The molecule has 14 heavy (non-hydrogen) atoms. The molecule has 0 aliphatic heterocycles. The summed E-state index contributed by atoms with van der Waals surface area (Å²) in [5.74, 6) is 0.865. The van der Waals surface area contributed by atoms with E-state index in [0.29, 0.717) is 0 Å². The van der Waals surface area contributed by atoms with E-state index in [9.17, 15) is 0 Å². The van der Waals surface area contributed by atoms with Gasteiger partial charge in [-0.1, -0.05) is 15.9 Å². The van der Waals surface area contributed by atoms with Gasteiger partial charge in [0.1, 0.15) is 5.75 Å². The summed E-state index contributed by atoms with van der Waals surface area (Å²) in [4.78, 5) is 4.33. The summed E-state index contributed by atoms with van der Waals surface area (Å²) in [5, 5.41) is 1.09. The van der Waals surface area contributed by atoms with Gasteiger partial charge in [0.2, 0.25) is 0 Å². The highest BCUT2D eigenvalue weighted by Crippen LogP contribution is 2.28. The number of methoxy groups -OCH3 is 1. The van der Waals surface area contributed by atoms with Gasteiger partial charge in [0.15, 0.2) is 0 Å². The van der Waals surface area contributed by atoms with Crippen LogP contribution in [0.1, 0.15) is 5.56 Å². The quantitative estimate of drug-likeness (QED) is 0.776. The van der Waals surface area contributed by atoms with Crippen LogP contribution in [0.4, 0.5) is 0 Å². The Bertz CT molecular complexity index is 482. The van der Waals surface area contributed by atoms with Gasteiger partial charge in [-0.2, -0.15) is 0 Å². The lowest BCUT2D eigenvalue weighted by Gasteiger charge is -2.06. The molecule has 1 heterocycles. The molecule has 0 saturated carbocycles. The summed E-state index contributed by atoms with van der Waals surface area (Å²) < 4.78 is 6.26. The molecule has 1 aromatic heterocycles. The van der Waals surface area contributed by atoms with Crippen LogP contribution in [0, 0.1) is 6.92 Å². The molecule has 0 spiro atoms. The second kappa shape index (κ2) is 3.58. The third kappa shape index (κ3) is 1.48. The molecule has 0 radical (unpaired) electrons. The highest BCUT2D eigenvalue weighted by atomic mass is 79.9. The summed E-state index contributed by atoms with van der Waals surface area (Å²) in [5.41, 5.74) is 2.14. The Balaban J connectivity index is 2.83. The highest BCUT2D eigenvalue weighted by molar-refractivity contribution is 9.10. The third-order valence-corrected chi connectivity index (χ3v) is 2.88. The standard InChI is InChI=1S/C11H10BrNO/c1-7-5-8(14-2)6-9-10(12)3-4-13-11(7)9/h3-6H,1-2H3. The fraction of sp³-hybridized carbons (Fsp3) is 0.182. The summed E-state index contributed by atoms with van der Waals surface area (Å²) in [6.45, 7) is 2.03. The minimum absolute atomic E-state index is 0.865. The molecule has 0 fully saturated rings. The molecule has 0 N–H and O–H groups in total. The summed E-state index contributed by atoms with van der Waals surface area (Å²) in [6.07, 6.45) is 1.80. The van der Waals surface area contributed by atoms with E-state index in [4.69, 9.17) is 4.74 Å². The first-order valence-electron chi connectivity index (χ1n) is 4.31. The fourth-order valence-corrected chi connectivity index (χ4v) is 1.91. The van der Waals surface area contributed by atoms with Gasteiger partial charge < -0.3 is 4.74 Å². The van der Waals surface area contributed by atoms with Crippen LogP contribution in [0.25, 0.3) is 10.9 Å². The SMILES string of the molecule is COc1cc(C)c2nccc(Br)c2c1. The van der Waals surface area contributed by atoms with Crippen molar-refractivity contribution < 1.29 is 4.74 Å². The van der Waals surface area contributed by atoms with Crippen LogP contribution in [0.15, 0.2) is 28.9 Å². The number of pyridine rings is 1. The number of nitrogens with zero attached hydrogens (tertiary/aromatic N) is 1. The molecule has 3 heteroatoms. The molecule has 0 amide bonds. The van der Waals surface area contributed by atoms with Crippen molar-refractivity contribution in [3.8, 4) is 5.75 Å². The van der Waals surface area contributed by atoms with Crippen molar-refractivity contribution in [2.24, 2.45) is 0 Å². The van der Waals surface area contributed by atoms with Crippen LogP contribution in [0.5, 0.6) is 5.75 Å². The Morgan fingerprint density at radius 2 is 2.14 bits per heavy atom. The van der Waals surface area contributed by atoms with E-state index in [1.165, 1.54) is 0 Å². The Hall–Kier alpha value is -1.09. The topological polar surface area (TPSA) is 22.1 Å². The van der Waals surface area contributed by atoms with Crippen molar-refractivity contribution in [2.75, 3.05) is 7.11 Å². The number of ether oxygens (including phenoxy) is 1. The van der Waals surface area contributed by atoms with Crippen molar-refractivity contribution in [2.45, 2.75) is 6.92 Å². The van der Waals surface area contributed by atoms with Crippen molar-refractivity contribution in [3.05, 3.63) is 34.4 Å². The average Bonchev–Trinajstić information content (AvgIpc) is 2.19. The zero-order valence-electron chi connectivity index (χ0n) is 8.04. The van der Waals surface area contributed by atoms with E-state index < -0.39 is 0 Å². The van der Waals surface area contributed by atoms with Gasteiger partial charge in [0.25, 0.3) is 0 Å². The smallest absolute Gasteiger partial charge is 0.119 e. The van der Waals surface area contributed by atoms with Crippen molar-refractivity contribution in [3.63, 3.8) is 0 Å². The van der Waals surface area contributed by atoms with Crippen LogP contribution in [-0.4, -0.2) is 12.1 Å². The van der Waals surface area contributed by atoms with Crippen molar-refractivity contribution in [1.29, 1.82) is 0 Å². The number of hydrogen-bond acceptors (Lipinski definition) is 2. The van der Waals surface area contributed by atoms with Crippen LogP contribution >= 0.6 is 15.9 Å². The molecule has 2 aromatic rings. The number of halogens is 1. The van der Waals surface area contributed by atoms with E-state index in [1.54, 1.807) is 13.3 Å². The molecule has 2 nitrogen and oxygen atoms in total. The zero-order valence-corrected chi connectivity index (χ0v) is 9.63. The molecular formula is C11H10BrNO. The van der Waals surface area contributed by atoms with Crippen LogP contribution in [-0.2, 0) is 0 Å². The Morgan fingerprint density at radius 1 is 1.36 bits per heavy atom. The number of aryl methyl sites for hydroxylation is 1. The molecule has 0 atom stereocenters. The van der Waals surface area contributed by atoms with Gasteiger partial charge in [-0.05, 0) is 30.7 Å². The monoisotopic (exact) mass is 251 g/mol. The van der Waals surface area contributed by atoms with Gasteiger partial charge in [-0.25, -0.2) is 0 Å². The first-order valence-corrected chi connectivity index (χ1v) is 5.10. The second-order valence-corrected chi connectivity index (χ2v) is 3.99. The normalized spacial score (nSPS) is 10.5. The molecule has 2 rings (SSSR count). The Labute approximate surface area is 91.0 Å². The minimum atomic E-state index is 0.865. The number of fused-ring (bicyclic) bond motifs is 1. The molecule has 0 bridgehead atoms.